The number of aryl methyl sites for hydroxylation is 2. The Morgan fingerprint density at radius 2 is 1.89 bits per heavy atom. The summed E-state index contributed by atoms with van der Waals surface area (Å²) in [6.45, 7) is 1.98. The molecule has 5 rings (SSSR count). The smallest absolute Gasteiger partial charge is 0.271 e. The van der Waals surface area contributed by atoms with Gasteiger partial charge in [-0.15, -0.1) is 11.3 Å². The Kier molecular flexibility index (Phi) is 3.59. The Bertz CT molecular complexity index is 1310. The summed E-state index contributed by atoms with van der Waals surface area (Å²) in [5.74, 6) is 1.03. The minimum Gasteiger partial charge on any atom is -0.320 e. The lowest BCUT2D eigenvalue weighted by Crippen LogP contribution is -2.31. The van der Waals surface area contributed by atoms with Crippen molar-refractivity contribution in [2.75, 3.05) is 0 Å². The first-order chi connectivity index (χ1) is 13.1. The molecule has 0 amide bonds. The molecule has 0 spiro atoms. The number of pyridine rings is 1. The van der Waals surface area contributed by atoms with Crippen molar-refractivity contribution in [3.05, 3.63) is 67.7 Å². The largest absolute Gasteiger partial charge is 0.320 e. The van der Waals surface area contributed by atoms with Crippen LogP contribution in [-0.2, 0) is 7.05 Å². The summed E-state index contributed by atoms with van der Waals surface area (Å²) in [7, 11) is 1.89. The Hall–Kier alpha value is -2.73. The fourth-order valence-corrected chi connectivity index (χ4v) is 4.85. The van der Waals surface area contributed by atoms with Crippen molar-refractivity contribution in [2.45, 2.75) is 32.1 Å². The van der Waals surface area contributed by atoms with E-state index in [4.69, 9.17) is 4.98 Å². The molecule has 0 bridgehead atoms. The first kappa shape index (κ1) is 16.4. The van der Waals surface area contributed by atoms with E-state index < -0.39 is 0 Å². The molecule has 3 aromatic heterocycles. The topological polar surface area (TPSA) is 56.9 Å². The van der Waals surface area contributed by atoms with E-state index in [1.165, 1.54) is 0 Å². The zero-order chi connectivity index (χ0) is 18.7. The van der Waals surface area contributed by atoms with Gasteiger partial charge in [0.1, 0.15) is 16.0 Å². The maximum Gasteiger partial charge on any atom is 0.271 e. The van der Waals surface area contributed by atoms with Crippen molar-refractivity contribution in [3.8, 4) is 5.69 Å². The van der Waals surface area contributed by atoms with Crippen LogP contribution in [0.15, 0.2) is 46.0 Å². The molecule has 27 heavy (non-hydrogen) atoms. The van der Waals surface area contributed by atoms with Crippen molar-refractivity contribution in [1.29, 1.82) is 0 Å². The third-order valence-electron chi connectivity index (χ3n) is 5.50. The van der Waals surface area contributed by atoms with E-state index in [0.717, 1.165) is 40.5 Å². The van der Waals surface area contributed by atoms with Gasteiger partial charge in [0.2, 0.25) is 5.43 Å². The van der Waals surface area contributed by atoms with Gasteiger partial charge in [-0.2, -0.15) is 0 Å². The summed E-state index contributed by atoms with van der Waals surface area (Å²) < 4.78 is 3.56. The van der Waals surface area contributed by atoms with E-state index in [1.54, 1.807) is 15.9 Å². The number of thiophene rings is 1. The van der Waals surface area contributed by atoms with Crippen LogP contribution < -0.4 is 11.0 Å². The molecule has 1 aromatic carbocycles. The number of benzene rings is 1. The lowest BCUT2D eigenvalue weighted by Gasteiger charge is -2.27. The molecule has 6 heteroatoms. The summed E-state index contributed by atoms with van der Waals surface area (Å²) in [5.41, 5.74) is 0.778. The van der Waals surface area contributed by atoms with Crippen LogP contribution in [0.3, 0.4) is 0 Å². The van der Waals surface area contributed by atoms with Crippen LogP contribution in [0, 0.1) is 6.92 Å². The Balaban J connectivity index is 1.98. The predicted octanol–water partition coefficient (Wildman–Crippen LogP) is 3.88. The molecule has 1 aliphatic rings. The third kappa shape index (κ3) is 2.33. The highest BCUT2D eigenvalue weighted by Crippen LogP contribution is 2.36. The Morgan fingerprint density at radius 1 is 1.15 bits per heavy atom. The second-order valence-electron chi connectivity index (χ2n) is 7.24. The van der Waals surface area contributed by atoms with Gasteiger partial charge in [-0.1, -0.05) is 24.6 Å². The quantitative estimate of drug-likeness (QED) is 0.533. The average Bonchev–Trinajstić information content (AvgIpc) is 3.01. The van der Waals surface area contributed by atoms with Gasteiger partial charge in [0.05, 0.1) is 11.1 Å². The van der Waals surface area contributed by atoms with Crippen molar-refractivity contribution >= 4 is 32.6 Å². The number of nitrogens with zero attached hydrogens (tertiary/aromatic N) is 3. The molecule has 4 aromatic rings. The molecule has 1 aliphatic carbocycles. The molecule has 1 fully saturated rings. The van der Waals surface area contributed by atoms with E-state index in [-0.39, 0.29) is 22.3 Å². The Morgan fingerprint density at radius 3 is 2.56 bits per heavy atom. The standard InChI is InChI=1S/C21H19N3O2S/c1-12-11-15-17(25)16-19(23(2)21(15)27-12)22-18(13-7-6-8-13)24(20(16)26)14-9-4-3-5-10-14/h3-5,9-11,13H,6-8H2,1-2H3. The van der Waals surface area contributed by atoms with Crippen LogP contribution in [0.1, 0.15) is 35.9 Å². The summed E-state index contributed by atoms with van der Waals surface area (Å²) in [4.78, 5) is 33.5. The van der Waals surface area contributed by atoms with Crippen LogP contribution in [0.4, 0.5) is 0 Å². The SMILES string of the molecule is Cc1cc2c(=O)c3c(=O)n(-c4ccccc4)c(C4CCC4)nc3n(C)c2s1. The minimum absolute atomic E-state index is 0.176. The zero-order valence-electron chi connectivity index (χ0n) is 15.2. The van der Waals surface area contributed by atoms with Gasteiger partial charge < -0.3 is 4.57 Å². The second-order valence-corrected chi connectivity index (χ2v) is 8.47. The molecular weight excluding hydrogens is 358 g/mol. The molecule has 0 atom stereocenters. The number of fused-ring (bicyclic) bond motifs is 2. The number of hydrogen-bond donors (Lipinski definition) is 0. The van der Waals surface area contributed by atoms with Crippen LogP contribution in [0.5, 0.6) is 0 Å². The number of hydrogen-bond acceptors (Lipinski definition) is 4. The summed E-state index contributed by atoms with van der Waals surface area (Å²) >= 11 is 1.56. The molecule has 0 radical (unpaired) electrons. The lowest BCUT2D eigenvalue weighted by atomic mass is 9.84. The van der Waals surface area contributed by atoms with E-state index in [2.05, 4.69) is 0 Å². The maximum absolute atomic E-state index is 13.5. The van der Waals surface area contributed by atoms with Crippen LogP contribution >= 0.6 is 11.3 Å². The highest BCUT2D eigenvalue weighted by Gasteiger charge is 2.28. The third-order valence-corrected chi connectivity index (χ3v) is 6.63. The van der Waals surface area contributed by atoms with Gasteiger partial charge in [-0.25, -0.2) is 4.98 Å². The highest BCUT2D eigenvalue weighted by atomic mass is 32.1. The summed E-state index contributed by atoms with van der Waals surface area (Å²) in [6, 6.07) is 11.4. The average molecular weight is 377 g/mol. The number of rotatable bonds is 2. The summed E-state index contributed by atoms with van der Waals surface area (Å²) in [6.07, 6.45) is 3.20. The van der Waals surface area contributed by atoms with Crippen molar-refractivity contribution < 1.29 is 0 Å². The first-order valence-corrected chi connectivity index (χ1v) is 9.99. The van der Waals surface area contributed by atoms with Crippen LogP contribution in [0.25, 0.3) is 26.9 Å². The monoisotopic (exact) mass is 377 g/mol. The van der Waals surface area contributed by atoms with Crippen molar-refractivity contribution in [1.82, 2.24) is 14.1 Å². The molecular formula is C21H19N3O2S. The lowest BCUT2D eigenvalue weighted by molar-refractivity contribution is 0.394. The molecule has 0 saturated heterocycles. The van der Waals surface area contributed by atoms with Gasteiger partial charge >= 0.3 is 0 Å². The van der Waals surface area contributed by atoms with E-state index >= 15 is 0 Å². The maximum atomic E-state index is 13.5. The second kappa shape index (κ2) is 5.89. The van der Waals surface area contributed by atoms with Gasteiger partial charge in [0.25, 0.3) is 5.56 Å². The molecule has 5 nitrogen and oxygen atoms in total. The van der Waals surface area contributed by atoms with Gasteiger partial charge in [-0.3, -0.25) is 14.2 Å². The number of para-hydroxylation sites is 1. The van der Waals surface area contributed by atoms with E-state index in [9.17, 15) is 9.59 Å². The fourth-order valence-electron chi connectivity index (χ4n) is 3.88. The van der Waals surface area contributed by atoms with Crippen LogP contribution in [-0.4, -0.2) is 14.1 Å². The fraction of sp³-hybridized carbons (Fsp3) is 0.286. The van der Waals surface area contributed by atoms with E-state index in [1.807, 2.05) is 54.9 Å². The molecule has 0 unspecified atom stereocenters. The Labute approximate surface area is 159 Å². The molecule has 3 heterocycles. The molecule has 1 saturated carbocycles. The van der Waals surface area contributed by atoms with E-state index in [0.29, 0.717) is 11.0 Å². The van der Waals surface area contributed by atoms with Crippen molar-refractivity contribution in [2.24, 2.45) is 7.05 Å². The normalized spacial score (nSPS) is 14.7. The van der Waals surface area contributed by atoms with Gasteiger partial charge in [0.15, 0.2) is 5.65 Å². The molecule has 136 valence electrons. The van der Waals surface area contributed by atoms with Gasteiger partial charge in [0, 0.05) is 17.8 Å². The molecule has 0 aliphatic heterocycles. The minimum atomic E-state index is -0.264. The van der Waals surface area contributed by atoms with Gasteiger partial charge in [-0.05, 0) is 38.0 Å². The molecule has 0 N–H and O–H groups in total. The summed E-state index contributed by atoms with van der Waals surface area (Å²) in [5, 5.41) is 0.775. The highest BCUT2D eigenvalue weighted by molar-refractivity contribution is 7.18. The zero-order valence-corrected chi connectivity index (χ0v) is 16.0. The van der Waals surface area contributed by atoms with Crippen molar-refractivity contribution in [3.63, 3.8) is 0 Å². The first-order valence-electron chi connectivity index (χ1n) is 9.17. The predicted molar refractivity (Wildman–Crippen MR) is 109 cm³/mol. The van der Waals surface area contributed by atoms with Crippen LogP contribution in [0.2, 0.25) is 0 Å². The number of aromatic nitrogens is 3.